The lowest BCUT2D eigenvalue weighted by Crippen LogP contribution is -2.45. The number of amides is 2. The average Bonchev–Trinajstić information content (AvgIpc) is 3.04. The summed E-state index contributed by atoms with van der Waals surface area (Å²) in [5.74, 6) is -0.539. The number of nitrogens with zero attached hydrogens (tertiary/aromatic N) is 3. The molecule has 2 aromatic rings. The van der Waals surface area contributed by atoms with E-state index in [1.807, 2.05) is 24.3 Å². The van der Waals surface area contributed by atoms with E-state index in [2.05, 4.69) is 36.8 Å². The van der Waals surface area contributed by atoms with Crippen LogP contribution in [0.2, 0.25) is 0 Å². The fourth-order valence-electron chi connectivity index (χ4n) is 2.40. The number of benzene rings is 1. The summed E-state index contributed by atoms with van der Waals surface area (Å²) in [5.41, 5.74) is 1.91. The normalized spacial score (nSPS) is 17.3. The van der Waals surface area contributed by atoms with Gasteiger partial charge in [-0.3, -0.25) is 0 Å². The summed E-state index contributed by atoms with van der Waals surface area (Å²) in [7, 11) is 1.29. The Morgan fingerprint density at radius 2 is 2.04 bits per heavy atom. The highest BCUT2D eigenvalue weighted by Gasteiger charge is 2.33. The molecule has 0 fully saturated rings. The number of carbonyl (C=O) groups excluding carboxylic acids is 2. The van der Waals surface area contributed by atoms with Crippen molar-refractivity contribution in [1.82, 2.24) is 25.6 Å². The lowest BCUT2D eigenvalue weighted by molar-refractivity contribution is -0.136. The van der Waals surface area contributed by atoms with Crippen LogP contribution in [0.1, 0.15) is 18.7 Å². The molecule has 9 heteroatoms. The van der Waals surface area contributed by atoms with Crippen molar-refractivity contribution in [1.29, 1.82) is 0 Å². The van der Waals surface area contributed by atoms with Gasteiger partial charge in [0.2, 0.25) is 0 Å². The first-order valence-electron chi connectivity index (χ1n) is 7.04. The highest BCUT2D eigenvalue weighted by Crippen LogP contribution is 2.26. The Balaban J connectivity index is 1.98. The first-order chi connectivity index (χ1) is 11.5. The number of aromatic nitrogens is 3. The first-order valence-corrected chi connectivity index (χ1v) is 7.83. The van der Waals surface area contributed by atoms with Crippen molar-refractivity contribution in [2.75, 3.05) is 7.11 Å². The van der Waals surface area contributed by atoms with E-state index < -0.39 is 18.0 Å². The van der Waals surface area contributed by atoms with Crippen molar-refractivity contribution in [2.24, 2.45) is 0 Å². The molecule has 1 aromatic carbocycles. The van der Waals surface area contributed by atoms with Crippen LogP contribution in [0.25, 0.3) is 5.69 Å². The summed E-state index contributed by atoms with van der Waals surface area (Å²) in [6.45, 7) is 1.64. The van der Waals surface area contributed by atoms with Crippen molar-refractivity contribution in [3.05, 3.63) is 51.9 Å². The van der Waals surface area contributed by atoms with Gasteiger partial charge in [-0.05, 0) is 31.2 Å². The van der Waals surface area contributed by atoms with E-state index >= 15 is 0 Å². The largest absolute Gasteiger partial charge is 0.466 e. The second-order valence-corrected chi connectivity index (χ2v) is 6.01. The molecule has 8 nitrogen and oxygen atoms in total. The predicted octanol–water partition coefficient (Wildman–Crippen LogP) is 1.83. The standard InChI is InChI=1S/C15H14BrN5O3/c1-8-12(14(22)24-2)13(19-15(23)18-8)11-7-17-21(20-11)10-5-3-9(16)4-6-10/h3-7,13H,1-2H3,(H2,18,19,23). The van der Waals surface area contributed by atoms with Gasteiger partial charge in [0.25, 0.3) is 0 Å². The summed E-state index contributed by atoms with van der Waals surface area (Å²) in [5, 5.41) is 13.8. The molecule has 1 aromatic heterocycles. The third kappa shape index (κ3) is 3.02. The van der Waals surface area contributed by atoms with Crippen LogP contribution in [0, 0.1) is 0 Å². The van der Waals surface area contributed by atoms with Crippen LogP contribution < -0.4 is 10.6 Å². The van der Waals surface area contributed by atoms with E-state index in [1.165, 1.54) is 18.1 Å². The Morgan fingerprint density at radius 3 is 2.71 bits per heavy atom. The maximum absolute atomic E-state index is 12.1. The van der Waals surface area contributed by atoms with Gasteiger partial charge in [0.1, 0.15) is 11.7 Å². The van der Waals surface area contributed by atoms with Crippen LogP contribution in [-0.2, 0) is 9.53 Å². The minimum absolute atomic E-state index is 0.292. The minimum Gasteiger partial charge on any atom is -0.466 e. The number of hydrogen-bond acceptors (Lipinski definition) is 5. The zero-order valence-electron chi connectivity index (χ0n) is 12.9. The van der Waals surface area contributed by atoms with Gasteiger partial charge in [-0.1, -0.05) is 15.9 Å². The van der Waals surface area contributed by atoms with E-state index in [4.69, 9.17) is 4.74 Å². The summed E-state index contributed by atoms with van der Waals surface area (Å²) >= 11 is 3.37. The Bertz CT molecular complexity index is 828. The Hall–Kier alpha value is -2.68. The molecule has 0 saturated heterocycles. The second kappa shape index (κ2) is 6.44. The molecular weight excluding hydrogens is 378 g/mol. The molecule has 2 heterocycles. The summed E-state index contributed by atoms with van der Waals surface area (Å²) in [4.78, 5) is 25.2. The number of rotatable bonds is 3. The molecule has 0 bridgehead atoms. The highest BCUT2D eigenvalue weighted by molar-refractivity contribution is 9.10. The van der Waals surface area contributed by atoms with Crippen LogP contribution in [0.15, 0.2) is 46.2 Å². The number of methoxy groups -OCH3 is 1. The molecule has 0 aliphatic carbocycles. The highest BCUT2D eigenvalue weighted by atomic mass is 79.9. The third-order valence-electron chi connectivity index (χ3n) is 3.54. The van der Waals surface area contributed by atoms with Crippen molar-refractivity contribution in [2.45, 2.75) is 13.0 Å². The fraction of sp³-hybridized carbons (Fsp3) is 0.200. The Labute approximate surface area is 146 Å². The number of carbonyl (C=O) groups is 2. The SMILES string of the molecule is COC(=O)C1=C(C)NC(=O)NC1c1cnn(-c2ccc(Br)cc2)n1. The summed E-state index contributed by atoms with van der Waals surface area (Å²) < 4.78 is 5.74. The first kappa shape index (κ1) is 16.2. The van der Waals surface area contributed by atoms with Crippen molar-refractivity contribution < 1.29 is 14.3 Å². The average molecular weight is 392 g/mol. The van der Waals surface area contributed by atoms with Gasteiger partial charge < -0.3 is 15.4 Å². The number of ether oxygens (including phenoxy) is 1. The van der Waals surface area contributed by atoms with Gasteiger partial charge in [0.15, 0.2) is 0 Å². The van der Waals surface area contributed by atoms with Gasteiger partial charge in [-0.2, -0.15) is 15.0 Å². The van der Waals surface area contributed by atoms with Gasteiger partial charge in [-0.25, -0.2) is 9.59 Å². The topological polar surface area (TPSA) is 98.1 Å². The molecular formula is C15H14BrN5O3. The van der Waals surface area contributed by atoms with Gasteiger partial charge in [0, 0.05) is 10.2 Å². The van der Waals surface area contributed by atoms with Gasteiger partial charge in [0.05, 0.1) is 24.6 Å². The van der Waals surface area contributed by atoms with E-state index in [9.17, 15) is 9.59 Å². The monoisotopic (exact) mass is 391 g/mol. The molecule has 1 atom stereocenters. The van der Waals surface area contributed by atoms with E-state index in [-0.39, 0.29) is 0 Å². The van der Waals surface area contributed by atoms with E-state index in [1.54, 1.807) is 6.92 Å². The van der Waals surface area contributed by atoms with Crippen LogP contribution in [-0.4, -0.2) is 34.1 Å². The molecule has 0 spiro atoms. The fourth-order valence-corrected chi connectivity index (χ4v) is 2.67. The number of nitrogens with one attached hydrogen (secondary N) is 2. The maximum Gasteiger partial charge on any atom is 0.338 e. The van der Waals surface area contributed by atoms with E-state index in [0.717, 1.165) is 10.2 Å². The molecule has 1 aliphatic rings. The van der Waals surface area contributed by atoms with Gasteiger partial charge in [-0.15, -0.1) is 0 Å². The third-order valence-corrected chi connectivity index (χ3v) is 4.07. The van der Waals surface area contributed by atoms with Crippen LogP contribution in [0.3, 0.4) is 0 Å². The molecule has 2 amide bonds. The summed E-state index contributed by atoms with van der Waals surface area (Å²) in [6.07, 6.45) is 1.51. The van der Waals surface area contributed by atoms with Crippen LogP contribution >= 0.6 is 15.9 Å². The molecule has 24 heavy (non-hydrogen) atoms. The van der Waals surface area contributed by atoms with Crippen molar-refractivity contribution in [3.8, 4) is 5.69 Å². The van der Waals surface area contributed by atoms with Crippen LogP contribution in [0.4, 0.5) is 4.79 Å². The Kier molecular flexibility index (Phi) is 4.34. The number of allylic oxidation sites excluding steroid dienone is 1. The van der Waals surface area contributed by atoms with E-state index in [0.29, 0.717) is 17.0 Å². The molecule has 3 rings (SSSR count). The smallest absolute Gasteiger partial charge is 0.338 e. The van der Waals surface area contributed by atoms with Gasteiger partial charge >= 0.3 is 12.0 Å². The number of esters is 1. The zero-order chi connectivity index (χ0) is 17.3. The van der Waals surface area contributed by atoms with Crippen LogP contribution in [0.5, 0.6) is 0 Å². The minimum atomic E-state index is -0.726. The number of hydrogen-bond donors (Lipinski definition) is 2. The number of urea groups is 1. The molecule has 1 aliphatic heterocycles. The Morgan fingerprint density at radius 1 is 1.33 bits per heavy atom. The lowest BCUT2D eigenvalue weighted by Gasteiger charge is -2.25. The molecule has 0 saturated carbocycles. The molecule has 0 radical (unpaired) electrons. The number of halogens is 1. The summed E-state index contributed by atoms with van der Waals surface area (Å²) in [6, 6.07) is 6.29. The molecule has 2 N–H and O–H groups in total. The predicted molar refractivity (Wildman–Crippen MR) is 88.2 cm³/mol. The lowest BCUT2D eigenvalue weighted by atomic mass is 10.0. The second-order valence-electron chi connectivity index (χ2n) is 5.10. The quantitative estimate of drug-likeness (QED) is 0.777. The maximum atomic E-state index is 12.1. The zero-order valence-corrected chi connectivity index (χ0v) is 14.5. The van der Waals surface area contributed by atoms with Crippen molar-refractivity contribution >= 4 is 27.9 Å². The molecule has 124 valence electrons. The van der Waals surface area contributed by atoms with Crippen molar-refractivity contribution in [3.63, 3.8) is 0 Å². The molecule has 1 unspecified atom stereocenters.